The van der Waals surface area contributed by atoms with E-state index in [-0.39, 0.29) is 0 Å². The van der Waals surface area contributed by atoms with Crippen molar-refractivity contribution in [3.05, 3.63) is 0 Å². The van der Waals surface area contributed by atoms with Crippen LogP contribution in [0.15, 0.2) is 0 Å². The van der Waals surface area contributed by atoms with Crippen LogP contribution >= 0.6 is 0 Å². The SMILES string of the molecule is C=[O+]C(=O)[C@@H](C)OC. The zero-order valence-corrected chi connectivity index (χ0v) is 5.01. The van der Waals surface area contributed by atoms with Crippen LogP contribution in [0.3, 0.4) is 0 Å². The second-order valence-corrected chi connectivity index (χ2v) is 1.34. The normalized spacial score (nSPS) is 12.8. The van der Waals surface area contributed by atoms with E-state index in [2.05, 4.69) is 16.0 Å². The van der Waals surface area contributed by atoms with Crippen molar-refractivity contribution in [1.82, 2.24) is 0 Å². The molecular weight excluding hydrogens is 108 g/mol. The Bertz CT molecular complexity index is 97.8. The topological polar surface area (TPSA) is 37.6 Å². The monoisotopic (exact) mass is 117 g/mol. The fraction of sp³-hybridized carbons (Fsp3) is 0.600. The Morgan fingerprint density at radius 1 is 1.88 bits per heavy atom. The lowest BCUT2D eigenvalue weighted by molar-refractivity contribution is -0.376. The number of hydrogen-bond acceptors (Lipinski definition) is 2. The van der Waals surface area contributed by atoms with E-state index in [1.54, 1.807) is 6.92 Å². The van der Waals surface area contributed by atoms with Gasteiger partial charge in [-0.05, 0) is 6.92 Å². The van der Waals surface area contributed by atoms with E-state index < -0.39 is 12.1 Å². The third-order valence-electron chi connectivity index (χ3n) is 0.828. The third-order valence-corrected chi connectivity index (χ3v) is 0.828. The first-order chi connectivity index (χ1) is 3.72. The Morgan fingerprint density at radius 3 is 2.50 bits per heavy atom. The van der Waals surface area contributed by atoms with Gasteiger partial charge in [0.2, 0.25) is 6.10 Å². The molecule has 0 rings (SSSR count). The van der Waals surface area contributed by atoms with Gasteiger partial charge >= 0.3 is 5.97 Å². The van der Waals surface area contributed by atoms with Crippen LogP contribution in [0.4, 0.5) is 0 Å². The fourth-order valence-electron chi connectivity index (χ4n) is 0.214. The molecule has 0 N–H and O–H groups in total. The Balaban J connectivity index is 3.62. The minimum Gasteiger partial charge on any atom is -0.364 e. The quantitative estimate of drug-likeness (QED) is 0.474. The van der Waals surface area contributed by atoms with Crippen molar-refractivity contribution in [2.24, 2.45) is 0 Å². The summed E-state index contributed by atoms with van der Waals surface area (Å²) in [6.45, 7) is 4.52. The lowest BCUT2D eigenvalue weighted by Crippen LogP contribution is -2.18. The van der Waals surface area contributed by atoms with Gasteiger partial charge < -0.3 is 4.74 Å². The molecule has 0 spiro atoms. The van der Waals surface area contributed by atoms with E-state index in [9.17, 15) is 4.79 Å². The van der Waals surface area contributed by atoms with Crippen molar-refractivity contribution >= 4 is 12.8 Å². The van der Waals surface area contributed by atoms with Gasteiger partial charge in [-0.2, -0.15) is 0 Å². The number of carbonyl (C=O) groups excluding carboxylic acids is 2. The molecule has 0 fully saturated rings. The van der Waals surface area contributed by atoms with Crippen LogP contribution in [0.5, 0.6) is 0 Å². The van der Waals surface area contributed by atoms with Crippen LogP contribution in [0.2, 0.25) is 0 Å². The van der Waals surface area contributed by atoms with Gasteiger partial charge in [0.1, 0.15) is 0 Å². The number of ether oxygens (including phenoxy) is 1. The fourth-order valence-corrected chi connectivity index (χ4v) is 0.214. The van der Waals surface area contributed by atoms with Gasteiger partial charge in [0, 0.05) is 7.11 Å². The molecule has 0 saturated carbocycles. The van der Waals surface area contributed by atoms with Crippen LogP contribution in [-0.4, -0.2) is 26.0 Å². The summed E-state index contributed by atoms with van der Waals surface area (Å²) in [7, 11) is 1.43. The highest BCUT2D eigenvalue weighted by atomic mass is 16.5. The van der Waals surface area contributed by atoms with Gasteiger partial charge in [0.25, 0.3) is 0 Å². The predicted octanol–water partition coefficient (Wildman–Crippen LogP) is -0.0877. The number of rotatable bonds is 2. The first-order valence-corrected chi connectivity index (χ1v) is 2.21. The molecule has 0 aromatic rings. The number of methoxy groups -OCH3 is 1. The first kappa shape index (κ1) is 7.30. The summed E-state index contributed by atoms with van der Waals surface area (Å²) in [5, 5.41) is 0. The Labute approximate surface area is 48.0 Å². The first-order valence-electron chi connectivity index (χ1n) is 2.21. The Hall–Kier alpha value is -0.700. The summed E-state index contributed by atoms with van der Waals surface area (Å²) < 4.78 is 8.68. The van der Waals surface area contributed by atoms with Crippen LogP contribution in [-0.2, 0) is 14.0 Å². The number of carbonyl (C=O) groups is 1. The molecule has 0 radical (unpaired) electrons. The highest BCUT2D eigenvalue weighted by molar-refractivity contribution is 5.71. The molecule has 0 aromatic carbocycles. The molecule has 0 aliphatic carbocycles. The van der Waals surface area contributed by atoms with Crippen molar-refractivity contribution < 1.29 is 14.0 Å². The lowest BCUT2D eigenvalue weighted by atomic mass is 10.4. The van der Waals surface area contributed by atoms with Crippen molar-refractivity contribution in [1.29, 1.82) is 0 Å². The predicted molar refractivity (Wildman–Crippen MR) is 28.6 cm³/mol. The second kappa shape index (κ2) is 3.32. The maximum Gasteiger partial charge on any atom is 0.607 e. The molecule has 1 atom stereocenters. The van der Waals surface area contributed by atoms with Gasteiger partial charge in [-0.3, -0.25) is 4.42 Å². The molecule has 0 aromatic heterocycles. The van der Waals surface area contributed by atoms with Gasteiger partial charge in [0.15, 0.2) is 6.79 Å². The van der Waals surface area contributed by atoms with Crippen LogP contribution in [0, 0.1) is 0 Å². The molecular formula is C5H9O3+. The van der Waals surface area contributed by atoms with E-state index in [1.165, 1.54) is 7.11 Å². The lowest BCUT2D eigenvalue weighted by Gasteiger charge is -1.92. The molecule has 3 nitrogen and oxygen atoms in total. The summed E-state index contributed by atoms with van der Waals surface area (Å²) in [5.74, 6) is -0.451. The Morgan fingerprint density at radius 2 is 2.38 bits per heavy atom. The molecule has 0 saturated heterocycles. The molecule has 0 aliphatic rings. The van der Waals surface area contributed by atoms with Gasteiger partial charge in [-0.25, -0.2) is 0 Å². The minimum absolute atomic E-state index is 0.451. The average molecular weight is 117 g/mol. The zero-order chi connectivity index (χ0) is 6.57. The standard InChI is InChI=1S/C5H9O3/c1-4(7-2)5(6)8-3/h4H,3H2,1-2H3/q+1/t4-/m1/s1. The summed E-state index contributed by atoms with van der Waals surface area (Å²) in [5.41, 5.74) is 0. The minimum atomic E-state index is -0.507. The summed E-state index contributed by atoms with van der Waals surface area (Å²) in [4.78, 5) is 10.3. The van der Waals surface area contributed by atoms with Gasteiger partial charge in [-0.1, -0.05) is 0 Å². The van der Waals surface area contributed by atoms with E-state index in [4.69, 9.17) is 0 Å². The van der Waals surface area contributed by atoms with Crippen molar-refractivity contribution in [2.45, 2.75) is 13.0 Å². The highest BCUT2D eigenvalue weighted by Crippen LogP contribution is 1.85. The molecule has 46 valence electrons. The Kier molecular flexibility index (Phi) is 3.03. The van der Waals surface area contributed by atoms with Gasteiger partial charge in [0.05, 0.1) is 4.79 Å². The smallest absolute Gasteiger partial charge is 0.364 e. The molecule has 0 bridgehead atoms. The molecule has 0 aliphatic heterocycles. The maximum absolute atomic E-state index is 10.3. The van der Waals surface area contributed by atoms with Crippen molar-refractivity contribution in [3.63, 3.8) is 0 Å². The summed E-state index contributed by atoms with van der Waals surface area (Å²) >= 11 is 0. The number of hydrogen-bond donors (Lipinski definition) is 0. The van der Waals surface area contributed by atoms with Crippen molar-refractivity contribution in [2.75, 3.05) is 7.11 Å². The molecule has 8 heavy (non-hydrogen) atoms. The van der Waals surface area contributed by atoms with E-state index in [0.717, 1.165) is 0 Å². The van der Waals surface area contributed by atoms with Gasteiger partial charge in [-0.15, -0.1) is 0 Å². The summed E-state index contributed by atoms with van der Waals surface area (Å²) in [6.07, 6.45) is -0.507. The largest absolute Gasteiger partial charge is 0.607 e. The van der Waals surface area contributed by atoms with Crippen molar-refractivity contribution in [3.8, 4) is 0 Å². The van der Waals surface area contributed by atoms with Crippen LogP contribution < -0.4 is 0 Å². The molecule has 0 unspecified atom stereocenters. The van der Waals surface area contributed by atoms with E-state index >= 15 is 0 Å². The second-order valence-electron chi connectivity index (χ2n) is 1.34. The molecule has 3 heteroatoms. The van der Waals surface area contributed by atoms with Crippen LogP contribution in [0.1, 0.15) is 6.92 Å². The molecule has 0 amide bonds. The zero-order valence-electron chi connectivity index (χ0n) is 5.01. The van der Waals surface area contributed by atoms with E-state index in [0.29, 0.717) is 0 Å². The maximum atomic E-state index is 10.3. The van der Waals surface area contributed by atoms with E-state index in [1.807, 2.05) is 0 Å². The third kappa shape index (κ3) is 1.84. The molecule has 0 heterocycles. The average Bonchev–Trinajstić information content (AvgIpc) is 1.84. The summed E-state index contributed by atoms with van der Waals surface area (Å²) in [6, 6.07) is 0. The highest BCUT2D eigenvalue weighted by Gasteiger charge is 2.22. The van der Waals surface area contributed by atoms with Crippen LogP contribution in [0.25, 0.3) is 0 Å².